The van der Waals surface area contributed by atoms with Crippen LogP contribution in [-0.4, -0.2) is 35.3 Å². The molecule has 1 aromatic carbocycles. The van der Waals surface area contributed by atoms with E-state index in [4.69, 9.17) is 11.6 Å². The van der Waals surface area contributed by atoms with Gasteiger partial charge in [-0.15, -0.1) is 0 Å². The van der Waals surface area contributed by atoms with E-state index in [0.29, 0.717) is 22.2 Å². The first-order valence-corrected chi connectivity index (χ1v) is 12.8. The van der Waals surface area contributed by atoms with E-state index in [1.165, 1.54) is 12.1 Å². The lowest BCUT2D eigenvalue weighted by Crippen LogP contribution is -2.28. The molecule has 11 heteroatoms. The minimum Gasteiger partial charge on any atom is -0.350 e. The number of rotatable bonds is 7. The van der Waals surface area contributed by atoms with Crippen LogP contribution in [-0.2, 0) is 26.8 Å². The van der Waals surface area contributed by atoms with E-state index in [0.717, 1.165) is 18.0 Å². The summed E-state index contributed by atoms with van der Waals surface area (Å²) >= 11 is 6.05. The van der Waals surface area contributed by atoms with Gasteiger partial charge in [0.05, 0.1) is 35.8 Å². The molecule has 3 rings (SSSR count). The van der Waals surface area contributed by atoms with Gasteiger partial charge in [0.2, 0.25) is 15.9 Å². The van der Waals surface area contributed by atoms with Gasteiger partial charge in [-0.2, -0.15) is 5.10 Å². The molecule has 2 N–H and O–H groups in total. The van der Waals surface area contributed by atoms with Crippen LogP contribution in [0, 0.1) is 5.82 Å². The van der Waals surface area contributed by atoms with Crippen molar-refractivity contribution in [3.05, 3.63) is 70.4 Å². The molecule has 0 aliphatic heterocycles. The van der Waals surface area contributed by atoms with Crippen molar-refractivity contribution in [1.29, 1.82) is 0 Å². The SMILES string of the molecule is CC(C(=O)NCc1cc(C(C)(C)C)nn1-c1cccc(Cl)n1)c1ccc(NS(C)(=O)=O)c(F)c1. The third-order valence-corrected chi connectivity index (χ3v) is 5.90. The number of nitrogens with one attached hydrogen (secondary N) is 2. The molecule has 182 valence electrons. The van der Waals surface area contributed by atoms with Crippen LogP contribution in [0.1, 0.15) is 50.6 Å². The smallest absolute Gasteiger partial charge is 0.229 e. The van der Waals surface area contributed by atoms with Crippen LogP contribution in [0.3, 0.4) is 0 Å². The average Bonchev–Trinajstić information content (AvgIpc) is 3.17. The lowest BCUT2D eigenvalue weighted by molar-refractivity contribution is -0.122. The Morgan fingerprint density at radius 1 is 1.21 bits per heavy atom. The minimum atomic E-state index is -3.62. The average molecular weight is 508 g/mol. The van der Waals surface area contributed by atoms with Crippen LogP contribution < -0.4 is 10.0 Å². The zero-order valence-electron chi connectivity index (χ0n) is 19.6. The molecule has 0 aliphatic rings. The summed E-state index contributed by atoms with van der Waals surface area (Å²) < 4.78 is 40.8. The van der Waals surface area contributed by atoms with Gasteiger partial charge in [-0.3, -0.25) is 9.52 Å². The molecule has 0 radical (unpaired) electrons. The Morgan fingerprint density at radius 2 is 1.91 bits per heavy atom. The van der Waals surface area contributed by atoms with Crippen molar-refractivity contribution < 1.29 is 17.6 Å². The van der Waals surface area contributed by atoms with E-state index in [9.17, 15) is 17.6 Å². The Bertz CT molecular complexity index is 1320. The maximum Gasteiger partial charge on any atom is 0.229 e. The molecule has 3 aromatic rings. The monoisotopic (exact) mass is 507 g/mol. The third-order valence-electron chi connectivity index (χ3n) is 5.09. The molecular weight excluding hydrogens is 481 g/mol. The Balaban J connectivity index is 1.80. The summed E-state index contributed by atoms with van der Waals surface area (Å²) in [6.07, 6.45) is 0.936. The molecule has 0 fully saturated rings. The normalized spacial score (nSPS) is 12.9. The lowest BCUT2D eigenvalue weighted by Gasteiger charge is -2.14. The number of nitrogens with zero attached hydrogens (tertiary/aromatic N) is 3. The highest BCUT2D eigenvalue weighted by molar-refractivity contribution is 7.92. The molecule has 1 unspecified atom stereocenters. The number of hydrogen-bond acceptors (Lipinski definition) is 5. The molecule has 2 aromatic heterocycles. The fourth-order valence-electron chi connectivity index (χ4n) is 3.19. The summed E-state index contributed by atoms with van der Waals surface area (Å²) in [6, 6.07) is 11.1. The lowest BCUT2D eigenvalue weighted by atomic mass is 9.92. The summed E-state index contributed by atoms with van der Waals surface area (Å²) in [4.78, 5) is 17.2. The number of carbonyl (C=O) groups is 1. The molecule has 0 bridgehead atoms. The van der Waals surface area contributed by atoms with E-state index in [2.05, 4.69) is 20.1 Å². The second-order valence-corrected chi connectivity index (χ2v) is 11.2. The molecule has 0 aliphatic carbocycles. The highest BCUT2D eigenvalue weighted by atomic mass is 35.5. The van der Waals surface area contributed by atoms with Crippen LogP contribution in [0.5, 0.6) is 0 Å². The summed E-state index contributed by atoms with van der Waals surface area (Å²) in [5, 5.41) is 7.85. The van der Waals surface area contributed by atoms with E-state index in [1.807, 2.05) is 26.8 Å². The standard InChI is InChI=1S/C23H27ClFN5O3S/c1-14(15-9-10-18(17(25)11-15)29-34(5,32)33)22(31)26-13-16-12-19(23(2,3)4)28-30(16)21-8-6-7-20(24)27-21/h6-12,14,29H,13H2,1-5H3,(H,26,31). The van der Waals surface area contributed by atoms with Gasteiger partial charge in [0, 0.05) is 5.41 Å². The van der Waals surface area contributed by atoms with Gasteiger partial charge < -0.3 is 5.32 Å². The number of pyridine rings is 1. The molecule has 0 spiro atoms. The van der Waals surface area contributed by atoms with E-state index in [-0.39, 0.29) is 23.6 Å². The van der Waals surface area contributed by atoms with Gasteiger partial charge in [0.15, 0.2) is 5.82 Å². The topological polar surface area (TPSA) is 106 Å². The van der Waals surface area contributed by atoms with Gasteiger partial charge >= 0.3 is 0 Å². The van der Waals surface area contributed by atoms with E-state index < -0.39 is 21.8 Å². The number of amides is 1. The van der Waals surface area contributed by atoms with E-state index >= 15 is 0 Å². The predicted molar refractivity (Wildman–Crippen MR) is 130 cm³/mol. The number of halogens is 2. The Kier molecular flexibility index (Phi) is 7.32. The third kappa shape index (κ3) is 6.32. The minimum absolute atomic E-state index is 0.163. The zero-order valence-corrected chi connectivity index (χ0v) is 21.1. The fourth-order valence-corrected chi connectivity index (χ4v) is 3.92. The van der Waals surface area contributed by atoms with Crippen molar-refractivity contribution >= 4 is 33.2 Å². The van der Waals surface area contributed by atoms with Crippen molar-refractivity contribution in [2.24, 2.45) is 0 Å². The Hall–Kier alpha value is -2.98. The number of sulfonamides is 1. The molecule has 1 atom stereocenters. The van der Waals surface area contributed by atoms with Gasteiger partial charge in [-0.25, -0.2) is 22.5 Å². The van der Waals surface area contributed by atoms with E-state index in [1.54, 1.807) is 29.8 Å². The van der Waals surface area contributed by atoms with Crippen molar-refractivity contribution in [3.63, 3.8) is 0 Å². The zero-order chi connectivity index (χ0) is 25.3. The summed E-state index contributed by atoms with van der Waals surface area (Å²) in [7, 11) is -3.62. The predicted octanol–water partition coefficient (Wildman–Crippen LogP) is 4.15. The largest absolute Gasteiger partial charge is 0.350 e. The van der Waals surface area contributed by atoms with Crippen molar-refractivity contribution in [3.8, 4) is 5.82 Å². The first-order valence-electron chi connectivity index (χ1n) is 10.5. The van der Waals surface area contributed by atoms with Crippen LogP contribution in [0.2, 0.25) is 5.15 Å². The summed E-state index contributed by atoms with van der Waals surface area (Å²) in [5.74, 6) is -1.24. The first kappa shape index (κ1) is 25.6. The molecule has 0 saturated heterocycles. The van der Waals surface area contributed by atoms with Crippen LogP contribution in [0.25, 0.3) is 5.82 Å². The second kappa shape index (κ2) is 9.71. The van der Waals surface area contributed by atoms with Crippen LogP contribution >= 0.6 is 11.6 Å². The molecule has 0 saturated carbocycles. The number of aromatic nitrogens is 3. The number of carbonyl (C=O) groups excluding carboxylic acids is 1. The molecule has 8 nitrogen and oxygen atoms in total. The molecule has 34 heavy (non-hydrogen) atoms. The van der Waals surface area contributed by atoms with Crippen LogP contribution in [0.4, 0.5) is 10.1 Å². The van der Waals surface area contributed by atoms with Gasteiger partial charge in [0.1, 0.15) is 11.0 Å². The van der Waals surface area contributed by atoms with Crippen LogP contribution in [0.15, 0.2) is 42.5 Å². The Labute approximate surface area is 203 Å². The maximum absolute atomic E-state index is 14.4. The molecule has 2 heterocycles. The quantitative estimate of drug-likeness (QED) is 0.467. The van der Waals surface area contributed by atoms with Crippen molar-refractivity contribution in [2.45, 2.75) is 45.6 Å². The molecular formula is C23H27ClFN5O3S. The number of benzene rings is 1. The van der Waals surface area contributed by atoms with Gasteiger partial charge in [0.25, 0.3) is 0 Å². The highest BCUT2D eigenvalue weighted by Gasteiger charge is 2.23. The Morgan fingerprint density at radius 3 is 2.50 bits per heavy atom. The highest BCUT2D eigenvalue weighted by Crippen LogP contribution is 2.25. The van der Waals surface area contributed by atoms with Gasteiger partial charge in [-0.05, 0) is 42.8 Å². The number of anilines is 1. The van der Waals surface area contributed by atoms with Crippen molar-refractivity contribution in [2.75, 3.05) is 11.0 Å². The maximum atomic E-state index is 14.4. The van der Waals surface area contributed by atoms with Gasteiger partial charge in [-0.1, -0.05) is 44.5 Å². The second-order valence-electron chi connectivity index (χ2n) is 9.05. The number of hydrogen-bond donors (Lipinski definition) is 2. The molecule has 1 amide bonds. The summed E-state index contributed by atoms with van der Waals surface area (Å²) in [5.41, 5.74) is 1.54. The fraction of sp³-hybridized carbons (Fsp3) is 0.348. The summed E-state index contributed by atoms with van der Waals surface area (Å²) in [6.45, 7) is 7.91. The first-order chi connectivity index (χ1) is 15.7. The van der Waals surface area contributed by atoms with Crippen molar-refractivity contribution in [1.82, 2.24) is 20.1 Å².